The lowest BCUT2D eigenvalue weighted by molar-refractivity contribution is 0.156. The standard InChI is InChI=1S/C14H21ClF2N2/c1-10(2)7-18-8-11-4-5-12(15)6-13(11)19(3)9-14(16)17/h4-6,10,14,18H,7-9H2,1-3H3. The first-order valence-corrected chi connectivity index (χ1v) is 6.76. The Morgan fingerprint density at radius 3 is 2.58 bits per heavy atom. The summed E-state index contributed by atoms with van der Waals surface area (Å²) in [5.74, 6) is 0.551. The highest BCUT2D eigenvalue weighted by atomic mass is 35.5. The topological polar surface area (TPSA) is 15.3 Å². The summed E-state index contributed by atoms with van der Waals surface area (Å²) in [6, 6.07) is 5.40. The highest BCUT2D eigenvalue weighted by molar-refractivity contribution is 6.30. The molecule has 0 saturated heterocycles. The van der Waals surface area contributed by atoms with E-state index in [4.69, 9.17) is 11.6 Å². The summed E-state index contributed by atoms with van der Waals surface area (Å²) in [5.41, 5.74) is 1.73. The molecule has 0 aromatic heterocycles. The van der Waals surface area contributed by atoms with E-state index in [9.17, 15) is 8.78 Å². The summed E-state index contributed by atoms with van der Waals surface area (Å²) >= 11 is 5.95. The molecule has 0 aliphatic rings. The summed E-state index contributed by atoms with van der Waals surface area (Å²) in [6.07, 6.45) is -2.36. The fraction of sp³-hybridized carbons (Fsp3) is 0.571. The van der Waals surface area contributed by atoms with Gasteiger partial charge in [0.15, 0.2) is 0 Å². The van der Waals surface area contributed by atoms with Crippen LogP contribution in [0.4, 0.5) is 14.5 Å². The summed E-state index contributed by atoms with van der Waals surface area (Å²) in [7, 11) is 1.66. The molecular weight excluding hydrogens is 270 g/mol. The van der Waals surface area contributed by atoms with E-state index in [1.165, 1.54) is 0 Å². The van der Waals surface area contributed by atoms with Crippen molar-refractivity contribution in [3.05, 3.63) is 28.8 Å². The van der Waals surface area contributed by atoms with Crippen LogP contribution in [0.2, 0.25) is 5.02 Å². The Morgan fingerprint density at radius 2 is 2.00 bits per heavy atom. The molecule has 0 aliphatic heterocycles. The number of hydrogen-bond acceptors (Lipinski definition) is 2. The smallest absolute Gasteiger partial charge is 0.255 e. The number of anilines is 1. The molecule has 0 amide bonds. The van der Waals surface area contributed by atoms with Gasteiger partial charge >= 0.3 is 0 Å². The minimum atomic E-state index is -2.36. The summed E-state index contributed by atoms with van der Waals surface area (Å²) in [6.45, 7) is 5.49. The van der Waals surface area contributed by atoms with Crippen LogP contribution in [0.3, 0.4) is 0 Å². The van der Waals surface area contributed by atoms with Gasteiger partial charge in [0.05, 0.1) is 6.54 Å². The van der Waals surface area contributed by atoms with Crippen molar-refractivity contribution >= 4 is 17.3 Å². The molecule has 1 rings (SSSR count). The first-order valence-electron chi connectivity index (χ1n) is 6.38. The summed E-state index contributed by atoms with van der Waals surface area (Å²) in [4.78, 5) is 1.54. The molecule has 0 heterocycles. The lowest BCUT2D eigenvalue weighted by atomic mass is 10.1. The van der Waals surface area contributed by atoms with Crippen LogP contribution in [0.5, 0.6) is 0 Å². The quantitative estimate of drug-likeness (QED) is 0.822. The molecule has 0 unspecified atom stereocenters. The normalized spacial score (nSPS) is 11.4. The Balaban J connectivity index is 2.79. The van der Waals surface area contributed by atoms with E-state index in [1.807, 2.05) is 6.07 Å². The maximum absolute atomic E-state index is 12.5. The first kappa shape index (κ1) is 16.2. The molecule has 0 atom stereocenters. The Labute approximate surface area is 118 Å². The van der Waals surface area contributed by atoms with Gasteiger partial charge in [-0.25, -0.2) is 8.78 Å². The van der Waals surface area contributed by atoms with Gasteiger partial charge in [0.25, 0.3) is 6.43 Å². The highest BCUT2D eigenvalue weighted by Gasteiger charge is 2.12. The number of halogens is 3. The SMILES string of the molecule is CC(C)CNCc1ccc(Cl)cc1N(C)CC(F)F. The van der Waals surface area contributed by atoms with Crippen LogP contribution in [0.1, 0.15) is 19.4 Å². The minimum Gasteiger partial charge on any atom is -0.369 e. The molecule has 1 N–H and O–H groups in total. The van der Waals surface area contributed by atoms with Gasteiger partial charge in [0.2, 0.25) is 0 Å². The number of alkyl halides is 2. The maximum atomic E-state index is 12.5. The van der Waals surface area contributed by atoms with Crippen LogP contribution in [-0.4, -0.2) is 26.6 Å². The Kier molecular flexibility index (Phi) is 6.52. The first-order chi connectivity index (χ1) is 8.90. The fourth-order valence-corrected chi connectivity index (χ4v) is 2.01. The molecule has 2 nitrogen and oxygen atoms in total. The van der Waals surface area contributed by atoms with Crippen LogP contribution in [0.15, 0.2) is 18.2 Å². The van der Waals surface area contributed by atoms with E-state index < -0.39 is 6.43 Å². The van der Waals surface area contributed by atoms with Crippen LogP contribution < -0.4 is 10.2 Å². The van der Waals surface area contributed by atoms with E-state index in [0.717, 1.165) is 17.8 Å². The third-order valence-electron chi connectivity index (χ3n) is 2.74. The predicted molar refractivity (Wildman–Crippen MR) is 77.3 cm³/mol. The fourth-order valence-electron chi connectivity index (χ4n) is 1.84. The Bertz CT molecular complexity index is 397. The third kappa shape index (κ3) is 5.74. The largest absolute Gasteiger partial charge is 0.369 e. The maximum Gasteiger partial charge on any atom is 0.255 e. The number of nitrogens with zero attached hydrogens (tertiary/aromatic N) is 1. The van der Waals surface area contributed by atoms with Gasteiger partial charge in [-0.15, -0.1) is 0 Å². The van der Waals surface area contributed by atoms with Crippen molar-refractivity contribution in [2.24, 2.45) is 5.92 Å². The number of hydrogen-bond donors (Lipinski definition) is 1. The van der Waals surface area contributed by atoms with Crippen LogP contribution in [0, 0.1) is 5.92 Å². The van der Waals surface area contributed by atoms with Crippen LogP contribution in [0.25, 0.3) is 0 Å². The zero-order valence-electron chi connectivity index (χ0n) is 11.6. The minimum absolute atomic E-state index is 0.294. The second-order valence-electron chi connectivity index (χ2n) is 5.07. The van der Waals surface area contributed by atoms with Gasteiger partial charge in [-0.05, 0) is 30.2 Å². The van der Waals surface area contributed by atoms with Gasteiger partial charge in [-0.3, -0.25) is 0 Å². The molecule has 0 fully saturated rings. The monoisotopic (exact) mass is 290 g/mol. The van der Waals surface area contributed by atoms with E-state index >= 15 is 0 Å². The second-order valence-corrected chi connectivity index (χ2v) is 5.51. The molecule has 0 bridgehead atoms. The van der Waals surface area contributed by atoms with Gasteiger partial charge in [-0.2, -0.15) is 0 Å². The molecule has 108 valence electrons. The molecule has 0 saturated carbocycles. The number of rotatable bonds is 7. The second kappa shape index (κ2) is 7.65. The highest BCUT2D eigenvalue weighted by Crippen LogP contribution is 2.24. The van der Waals surface area contributed by atoms with Crippen molar-refractivity contribution in [2.45, 2.75) is 26.8 Å². The number of nitrogens with one attached hydrogen (secondary N) is 1. The molecule has 0 aliphatic carbocycles. The molecule has 0 radical (unpaired) electrons. The van der Waals surface area contributed by atoms with Crippen molar-refractivity contribution in [3.8, 4) is 0 Å². The van der Waals surface area contributed by atoms with Crippen molar-refractivity contribution in [3.63, 3.8) is 0 Å². The molecule has 1 aromatic rings. The van der Waals surface area contributed by atoms with Crippen molar-refractivity contribution < 1.29 is 8.78 Å². The van der Waals surface area contributed by atoms with Gasteiger partial charge in [0.1, 0.15) is 0 Å². The lowest BCUT2D eigenvalue weighted by Crippen LogP contribution is -2.26. The molecular formula is C14H21ClF2N2. The average molecular weight is 291 g/mol. The Morgan fingerprint density at radius 1 is 1.32 bits per heavy atom. The van der Waals surface area contributed by atoms with Gasteiger partial charge in [-0.1, -0.05) is 31.5 Å². The molecule has 5 heteroatoms. The third-order valence-corrected chi connectivity index (χ3v) is 2.97. The van der Waals surface area contributed by atoms with Gasteiger partial charge in [0, 0.05) is 24.3 Å². The zero-order chi connectivity index (χ0) is 14.4. The number of benzene rings is 1. The zero-order valence-corrected chi connectivity index (χ0v) is 12.3. The van der Waals surface area contributed by atoms with Crippen LogP contribution in [-0.2, 0) is 6.54 Å². The summed E-state index contributed by atoms with van der Waals surface area (Å²) < 4.78 is 24.9. The Hall–Kier alpha value is -0.870. The van der Waals surface area contributed by atoms with Crippen molar-refractivity contribution in [1.82, 2.24) is 5.32 Å². The molecule has 0 spiro atoms. The van der Waals surface area contributed by atoms with Crippen molar-refractivity contribution in [2.75, 3.05) is 25.0 Å². The van der Waals surface area contributed by atoms with Gasteiger partial charge < -0.3 is 10.2 Å². The average Bonchev–Trinajstić information content (AvgIpc) is 2.29. The van der Waals surface area contributed by atoms with E-state index in [2.05, 4.69) is 19.2 Å². The van der Waals surface area contributed by atoms with E-state index in [1.54, 1.807) is 24.1 Å². The van der Waals surface area contributed by atoms with Crippen molar-refractivity contribution in [1.29, 1.82) is 0 Å². The summed E-state index contributed by atoms with van der Waals surface area (Å²) in [5, 5.41) is 3.87. The molecule has 1 aromatic carbocycles. The van der Waals surface area contributed by atoms with E-state index in [0.29, 0.717) is 17.5 Å². The lowest BCUT2D eigenvalue weighted by Gasteiger charge is -2.23. The molecule has 19 heavy (non-hydrogen) atoms. The van der Waals surface area contributed by atoms with E-state index in [-0.39, 0.29) is 6.54 Å². The predicted octanol–water partition coefficient (Wildman–Crippen LogP) is 3.79. The van der Waals surface area contributed by atoms with Crippen LogP contribution >= 0.6 is 11.6 Å².